The van der Waals surface area contributed by atoms with Gasteiger partial charge < -0.3 is 10.1 Å². The third-order valence-electron chi connectivity index (χ3n) is 2.65. The monoisotopic (exact) mass is 290 g/mol. The second kappa shape index (κ2) is 4.87. The van der Waals surface area contributed by atoms with E-state index < -0.39 is 16.1 Å². The van der Waals surface area contributed by atoms with Gasteiger partial charge in [0.1, 0.15) is 10.3 Å². The molecule has 0 saturated heterocycles. The first kappa shape index (κ1) is 13.3. The molecule has 0 bridgehead atoms. The van der Waals surface area contributed by atoms with Gasteiger partial charge in [0.15, 0.2) is 0 Å². The third kappa shape index (κ3) is 3.01. The Kier molecular flexibility index (Phi) is 3.60. The Labute approximate surface area is 109 Å². The van der Waals surface area contributed by atoms with E-state index in [9.17, 15) is 13.2 Å². The number of primary sulfonamides is 1. The van der Waals surface area contributed by atoms with Crippen LogP contribution in [0.25, 0.3) is 0 Å². The summed E-state index contributed by atoms with van der Waals surface area (Å²) < 4.78 is 27.7. The van der Waals surface area contributed by atoms with Gasteiger partial charge in [-0.2, -0.15) is 0 Å². The molecule has 100 valence electrons. The van der Waals surface area contributed by atoms with E-state index >= 15 is 0 Å². The maximum absolute atomic E-state index is 11.3. The number of amides is 1. The van der Waals surface area contributed by atoms with Crippen LogP contribution >= 0.6 is 11.3 Å². The summed E-state index contributed by atoms with van der Waals surface area (Å²) in [6, 6.07) is 3.09. The zero-order chi connectivity index (χ0) is 13.3. The van der Waals surface area contributed by atoms with Gasteiger partial charge in [0, 0.05) is 17.8 Å². The molecule has 8 heteroatoms. The van der Waals surface area contributed by atoms with Gasteiger partial charge in [0.25, 0.3) is 0 Å². The molecule has 0 unspecified atom stereocenters. The number of nitrogens with two attached hydrogens (primary N) is 1. The zero-order valence-electron chi connectivity index (χ0n) is 9.75. The SMILES string of the molecule is CNC(=O)O[C@@H](c1ccc(S(N)(=O)=O)s1)C1CC1. The van der Waals surface area contributed by atoms with Crippen LogP contribution in [0.3, 0.4) is 0 Å². The molecule has 3 N–H and O–H groups in total. The van der Waals surface area contributed by atoms with Gasteiger partial charge in [0.05, 0.1) is 0 Å². The standard InChI is InChI=1S/C10H14N2O4S2/c1-12-10(13)16-9(6-2-3-6)7-4-5-8(17-7)18(11,14)15/h4-6,9H,2-3H2,1H3,(H,12,13)(H2,11,14,15)/t9-/m1/s1. The fourth-order valence-electron chi connectivity index (χ4n) is 1.60. The predicted molar refractivity (Wildman–Crippen MR) is 66.7 cm³/mol. The van der Waals surface area contributed by atoms with E-state index in [0.717, 1.165) is 24.2 Å². The quantitative estimate of drug-likeness (QED) is 0.870. The lowest BCUT2D eigenvalue weighted by molar-refractivity contribution is 0.0888. The Morgan fingerprint density at radius 2 is 2.22 bits per heavy atom. The highest BCUT2D eigenvalue weighted by Crippen LogP contribution is 2.45. The molecule has 1 amide bonds. The van der Waals surface area contributed by atoms with Crippen LogP contribution in [0.5, 0.6) is 0 Å². The largest absolute Gasteiger partial charge is 0.440 e. The molecule has 1 fully saturated rings. The Balaban J connectivity index is 2.21. The number of rotatable bonds is 4. The number of carbonyl (C=O) groups excluding carboxylic acids is 1. The van der Waals surface area contributed by atoms with Crippen molar-refractivity contribution in [3.8, 4) is 0 Å². The van der Waals surface area contributed by atoms with E-state index in [4.69, 9.17) is 9.88 Å². The topological polar surface area (TPSA) is 98.5 Å². The zero-order valence-corrected chi connectivity index (χ0v) is 11.4. The van der Waals surface area contributed by atoms with Crippen molar-refractivity contribution in [3.63, 3.8) is 0 Å². The van der Waals surface area contributed by atoms with Gasteiger partial charge in [0.2, 0.25) is 10.0 Å². The first-order chi connectivity index (χ1) is 8.41. The van der Waals surface area contributed by atoms with Crippen molar-refractivity contribution in [2.75, 3.05) is 7.05 Å². The number of hydrogen-bond acceptors (Lipinski definition) is 5. The molecule has 2 rings (SSSR count). The summed E-state index contributed by atoms with van der Waals surface area (Å²) >= 11 is 1.05. The van der Waals surface area contributed by atoms with Gasteiger partial charge in [-0.1, -0.05) is 0 Å². The van der Waals surface area contributed by atoms with Crippen LogP contribution < -0.4 is 10.5 Å². The molecule has 1 heterocycles. The smallest absolute Gasteiger partial charge is 0.407 e. The normalized spacial score (nSPS) is 17.2. The lowest BCUT2D eigenvalue weighted by Crippen LogP contribution is -2.22. The molecule has 0 radical (unpaired) electrons. The highest BCUT2D eigenvalue weighted by molar-refractivity contribution is 7.91. The van der Waals surface area contributed by atoms with Crippen molar-refractivity contribution >= 4 is 27.5 Å². The Hall–Kier alpha value is -1.12. The van der Waals surface area contributed by atoms with Gasteiger partial charge >= 0.3 is 6.09 Å². The van der Waals surface area contributed by atoms with Crippen LogP contribution in [0.4, 0.5) is 4.79 Å². The average molecular weight is 290 g/mol. The number of alkyl carbamates (subject to hydrolysis) is 1. The summed E-state index contributed by atoms with van der Waals surface area (Å²) in [5.41, 5.74) is 0. The second-order valence-electron chi connectivity index (χ2n) is 4.12. The molecule has 1 atom stereocenters. The third-order valence-corrected chi connectivity index (χ3v) is 5.24. The number of carbonyl (C=O) groups is 1. The van der Waals surface area contributed by atoms with Crippen LogP contribution in [0.1, 0.15) is 23.8 Å². The van der Waals surface area contributed by atoms with Crippen molar-refractivity contribution in [1.29, 1.82) is 0 Å². The Bertz CT molecular complexity index is 548. The molecule has 1 aromatic rings. The number of nitrogens with one attached hydrogen (secondary N) is 1. The van der Waals surface area contributed by atoms with E-state index in [2.05, 4.69) is 5.32 Å². The summed E-state index contributed by atoms with van der Waals surface area (Å²) in [6.45, 7) is 0. The first-order valence-corrected chi connectivity index (χ1v) is 7.79. The summed E-state index contributed by atoms with van der Waals surface area (Å²) in [4.78, 5) is 12.0. The summed E-state index contributed by atoms with van der Waals surface area (Å²) in [5.74, 6) is 0.272. The number of hydrogen-bond donors (Lipinski definition) is 2. The average Bonchev–Trinajstić information content (AvgIpc) is 3.00. The molecule has 0 aliphatic heterocycles. The highest BCUT2D eigenvalue weighted by atomic mass is 32.2. The van der Waals surface area contributed by atoms with Gasteiger partial charge in [-0.25, -0.2) is 18.4 Å². The van der Waals surface area contributed by atoms with Gasteiger partial charge in [-0.3, -0.25) is 0 Å². The number of ether oxygens (including phenoxy) is 1. The van der Waals surface area contributed by atoms with Crippen LogP contribution in [-0.2, 0) is 14.8 Å². The summed E-state index contributed by atoms with van der Waals surface area (Å²) in [5, 5.41) is 7.44. The van der Waals surface area contributed by atoms with E-state index in [1.165, 1.54) is 13.1 Å². The maximum atomic E-state index is 11.3. The molecule has 1 aliphatic carbocycles. The van der Waals surface area contributed by atoms with Crippen molar-refractivity contribution < 1.29 is 17.9 Å². The minimum absolute atomic E-state index is 0.0867. The minimum Gasteiger partial charge on any atom is -0.440 e. The molecule has 0 aromatic carbocycles. The molecular formula is C10H14N2O4S2. The van der Waals surface area contributed by atoms with E-state index in [0.29, 0.717) is 4.88 Å². The molecule has 6 nitrogen and oxygen atoms in total. The van der Waals surface area contributed by atoms with Crippen LogP contribution in [-0.4, -0.2) is 21.6 Å². The van der Waals surface area contributed by atoms with Crippen LogP contribution in [0, 0.1) is 5.92 Å². The fraction of sp³-hybridized carbons (Fsp3) is 0.500. The van der Waals surface area contributed by atoms with Crippen molar-refractivity contribution in [3.05, 3.63) is 17.0 Å². The first-order valence-electron chi connectivity index (χ1n) is 5.42. The lowest BCUT2D eigenvalue weighted by atomic mass is 10.2. The summed E-state index contributed by atoms with van der Waals surface area (Å²) in [6.07, 6.45) is 1.05. The van der Waals surface area contributed by atoms with E-state index in [-0.39, 0.29) is 16.2 Å². The highest BCUT2D eigenvalue weighted by Gasteiger charge is 2.36. The Morgan fingerprint density at radius 3 is 2.67 bits per heavy atom. The van der Waals surface area contributed by atoms with E-state index in [1.807, 2.05) is 0 Å². The van der Waals surface area contributed by atoms with Crippen LogP contribution in [0.15, 0.2) is 16.3 Å². The lowest BCUT2D eigenvalue weighted by Gasteiger charge is -2.15. The summed E-state index contributed by atoms with van der Waals surface area (Å²) in [7, 11) is -2.21. The minimum atomic E-state index is -3.69. The van der Waals surface area contributed by atoms with Crippen molar-refractivity contribution in [2.24, 2.45) is 11.1 Å². The molecule has 1 aromatic heterocycles. The second-order valence-corrected chi connectivity index (χ2v) is 7.02. The van der Waals surface area contributed by atoms with Crippen LogP contribution in [0.2, 0.25) is 0 Å². The predicted octanol–water partition coefficient (Wildman–Crippen LogP) is 1.20. The molecular weight excluding hydrogens is 276 g/mol. The van der Waals surface area contributed by atoms with E-state index in [1.54, 1.807) is 6.07 Å². The Morgan fingerprint density at radius 1 is 1.56 bits per heavy atom. The molecule has 0 spiro atoms. The number of thiophene rings is 1. The molecule has 18 heavy (non-hydrogen) atoms. The van der Waals surface area contributed by atoms with Gasteiger partial charge in [-0.05, 0) is 25.0 Å². The number of sulfonamides is 1. The van der Waals surface area contributed by atoms with Crippen molar-refractivity contribution in [1.82, 2.24) is 5.32 Å². The fourth-order valence-corrected chi connectivity index (χ4v) is 3.47. The van der Waals surface area contributed by atoms with Gasteiger partial charge in [-0.15, -0.1) is 11.3 Å². The molecule has 1 aliphatic rings. The molecule has 1 saturated carbocycles. The maximum Gasteiger partial charge on any atom is 0.407 e. The van der Waals surface area contributed by atoms with Crippen molar-refractivity contribution in [2.45, 2.75) is 23.2 Å².